The molecular formula is C20H22N2O2. The van der Waals surface area contributed by atoms with Crippen molar-refractivity contribution < 1.29 is 4.74 Å². The van der Waals surface area contributed by atoms with Crippen molar-refractivity contribution in [3.63, 3.8) is 0 Å². The van der Waals surface area contributed by atoms with Gasteiger partial charge in [0.2, 0.25) is 0 Å². The van der Waals surface area contributed by atoms with Crippen LogP contribution in [0.4, 0.5) is 5.69 Å². The largest absolute Gasteiger partial charge is 0.491 e. The molecule has 3 rings (SSSR count). The molecule has 4 nitrogen and oxygen atoms in total. The first-order valence-corrected chi connectivity index (χ1v) is 8.14. The summed E-state index contributed by atoms with van der Waals surface area (Å²) >= 11 is 0. The van der Waals surface area contributed by atoms with Gasteiger partial charge in [0.05, 0.1) is 6.10 Å². The highest BCUT2D eigenvalue weighted by molar-refractivity contribution is 5.79. The van der Waals surface area contributed by atoms with Crippen LogP contribution >= 0.6 is 0 Å². The number of anilines is 1. The minimum absolute atomic E-state index is 0.0568. The molecule has 3 aromatic rings. The number of fused-ring (bicyclic) bond motifs is 1. The average Bonchev–Trinajstić information content (AvgIpc) is 2.54. The van der Waals surface area contributed by atoms with Crippen molar-refractivity contribution in [3.05, 3.63) is 70.0 Å². The van der Waals surface area contributed by atoms with Crippen LogP contribution in [0.5, 0.6) is 5.75 Å². The maximum Gasteiger partial charge on any atom is 0.253 e. The Morgan fingerprint density at radius 1 is 1.08 bits per heavy atom. The minimum atomic E-state index is -0.0568. The number of pyridine rings is 1. The SMILES string of the molecule is Cc1ccc2[nH]c(=O)c(CNc3ccc(OC(C)C)cc3)cc2c1. The number of aromatic amines is 1. The molecule has 0 fully saturated rings. The lowest BCUT2D eigenvalue weighted by Gasteiger charge is -2.11. The molecule has 0 radical (unpaired) electrons. The molecular weight excluding hydrogens is 300 g/mol. The van der Waals surface area contributed by atoms with Gasteiger partial charge in [0.25, 0.3) is 5.56 Å². The zero-order chi connectivity index (χ0) is 17.1. The summed E-state index contributed by atoms with van der Waals surface area (Å²) in [6, 6.07) is 15.7. The number of hydrogen-bond acceptors (Lipinski definition) is 3. The van der Waals surface area contributed by atoms with Gasteiger partial charge in [0, 0.05) is 23.3 Å². The molecule has 124 valence electrons. The van der Waals surface area contributed by atoms with Gasteiger partial charge in [-0.3, -0.25) is 4.79 Å². The first-order valence-electron chi connectivity index (χ1n) is 8.14. The van der Waals surface area contributed by atoms with Gasteiger partial charge in [0.15, 0.2) is 0 Å². The summed E-state index contributed by atoms with van der Waals surface area (Å²) in [5.74, 6) is 0.842. The van der Waals surface area contributed by atoms with Gasteiger partial charge in [-0.05, 0) is 68.6 Å². The number of nitrogens with one attached hydrogen (secondary N) is 2. The van der Waals surface area contributed by atoms with Crippen molar-refractivity contribution in [1.82, 2.24) is 4.98 Å². The van der Waals surface area contributed by atoms with Gasteiger partial charge in [-0.1, -0.05) is 11.6 Å². The van der Waals surface area contributed by atoms with E-state index in [9.17, 15) is 4.79 Å². The highest BCUT2D eigenvalue weighted by Crippen LogP contribution is 2.18. The van der Waals surface area contributed by atoms with Gasteiger partial charge < -0.3 is 15.0 Å². The molecule has 0 unspecified atom stereocenters. The first-order chi connectivity index (χ1) is 11.5. The standard InChI is InChI=1S/C20H22N2O2/c1-13(2)24-18-7-5-17(6-8-18)21-12-16-11-15-10-14(3)4-9-19(15)22-20(16)23/h4-11,13,21H,12H2,1-3H3,(H,22,23). The predicted molar refractivity (Wildman–Crippen MR) is 98.8 cm³/mol. The molecule has 0 aliphatic rings. The van der Waals surface area contributed by atoms with Crippen LogP contribution in [0.3, 0.4) is 0 Å². The summed E-state index contributed by atoms with van der Waals surface area (Å²) in [4.78, 5) is 15.1. The zero-order valence-corrected chi connectivity index (χ0v) is 14.2. The molecule has 1 heterocycles. The normalized spacial score (nSPS) is 11.0. The second-order valence-corrected chi connectivity index (χ2v) is 6.26. The van der Waals surface area contributed by atoms with E-state index in [4.69, 9.17) is 4.74 Å². The Kier molecular flexibility index (Phi) is 4.56. The van der Waals surface area contributed by atoms with Crippen LogP contribution in [0, 0.1) is 6.92 Å². The number of benzene rings is 2. The van der Waals surface area contributed by atoms with Crippen molar-refractivity contribution in [3.8, 4) is 5.75 Å². The fourth-order valence-electron chi connectivity index (χ4n) is 2.62. The van der Waals surface area contributed by atoms with E-state index in [1.165, 1.54) is 5.56 Å². The number of rotatable bonds is 5. The van der Waals surface area contributed by atoms with Crippen molar-refractivity contribution in [2.75, 3.05) is 5.32 Å². The van der Waals surface area contributed by atoms with E-state index >= 15 is 0 Å². The Bertz CT molecular complexity index is 896. The van der Waals surface area contributed by atoms with E-state index in [0.717, 1.165) is 27.9 Å². The molecule has 0 bridgehead atoms. The molecule has 0 saturated carbocycles. The second-order valence-electron chi connectivity index (χ2n) is 6.26. The Labute approximate surface area is 141 Å². The van der Waals surface area contributed by atoms with Crippen LogP contribution < -0.4 is 15.6 Å². The van der Waals surface area contributed by atoms with Gasteiger partial charge >= 0.3 is 0 Å². The summed E-state index contributed by atoms with van der Waals surface area (Å²) < 4.78 is 5.63. The van der Waals surface area contributed by atoms with Crippen molar-refractivity contribution in [2.45, 2.75) is 33.4 Å². The number of ether oxygens (including phenoxy) is 1. The van der Waals surface area contributed by atoms with Crippen LogP contribution in [0.25, 0.3) is 10.9 Å². The van der Waals surface area contributed by atoms with Crippen LogP contribution in [-0.2, 0) is 6.54 Å². The Balaban J connectivity index is 1.75. The monoisotopic (exact) mass is 322 g/mol. The Hall–Kier alpha value is -2.75. The third-order valence-electron chi connectivity index (χ3n) is 3.79. The second kappa shape index (κ2) is 6.79. The summed E-state index contributed by atoms with van der Waals surface area (Å²) in [6.45, 7) is 6.52. The number of aryl methyl sites for hydroxylation is 1. The lowest BCUT2D eigenvalue weighted by atomic mass is 10.1. The number of hydrogen-bond donors (Lipinski definition) is 2. The lowest BCUT2D eigenvalue weighted by Crippen LogP contribution is -2.15. The number of H-pyrrole nitrogens is 1. The maximum absolute atomic E-state index is 12.2. The summed E-state index contributed by atoms with van der Waals surface area (Å²) in [5.41, 5.74) is 3.66. The van der Waals surface area contributed by atoms with Gasteiger partial charge in [0.1, 0.15) is 5.75 Å². The Morgan fingerprint density at radius 3 is 2.54 bits per heavy atom. The maximum atomic E-state index is 12.2. The van der Waals surface area contributed by atoms with Crippen LogP contribution in [0.15, 0.2) is 53.3 Å². The lowest BCUT2D eigenvalue weighted by molar-refractivity contribution is 0.242. The third kappa shape index (κ3) is 3.77. The van der Waals surface area contributed by atoms with Gasteiger partial charge in [-0.15, -0.1) is 0 Å². The molecule has 24 heavy (non-hydrogen) atoms. The average molecular weight is 322 g/mol. The van der Waals surface area contributed by atoms with E-state index in [-0.39, 0.29) is 11.7 Å². The molecule has 2 N–H and O–H groups in total. The van der Waals surface area contributed by atoms with Crippen LogP contribution in [0.1, 0.15) is 25.0 Å². The summed E-state index contributed by atoms with van der Waals surface area (Å²) in [6.07, 6.45) is 0.156. The zero-order valence-electron chi connectivity index (χ0n) is 14.2. The number of aromatic nitrogens is 1. The van der Waals surface area contributed by atoms with Crippen LogP contribution in [0.2, 0.25) is 0 Å². The smallest absolute Gasteiger partial charge is 0.253 e. The highest BCUT2D eigenvalue weighted by atomic mass is 16.5. The first kappa shape index (κ1) is 16.1. The highest BCUT2D eigenvalue weighted by Gasteiger charge is 2.04. The molecule has 4 heteroatoms. The van der Waals surface area contributed by atoms with E-state index in [1.54, 1.807) is 0 Å². The predicted octanol–water partition coefficient (Wildman–Crippen LogP) is 4.24. The van der Waals surface area contributed by atoms with E-state index in [2.05, 4.69) is 16.4 Å². The molecule has 0 aliphatic carbocycles. The minimum Gasteiger partial charge on any atom is -0.491 e. The topological polar surface area (TPSA) is 54.1 Å². The molecule has 0 spiro atoms. The fraction of sp³-hybridized carbons (Fsp3) is 0.250. The molecule has 0 saturated heterocycles. The van der Waals surface area contributed by atoms with Gasteiger partial charge in [-0.25, -0.2) is 0 Å². The van der Waals surface area contributed by atoms with Crippen molar-refractivity contribution in [2.24, 2.45) is 0 Å². The fourth-order valence-corrected chi connectivity index (χ4v) is 2.62. The molecule has 0 amide bonds. The van der Waals surface area contributed by atoms with Gasteiger partial charge in [-0.2, -0.15) is 0 Å². The van der Waals surface area contributed by atoms with E-state index in [0.29, 0.717) is 6.54 Å². The molecule has 0 atom stereocenters. The van der Waals surface area contributed by atoms with E-state index in [1.807, 2.05) is 63.2 Å². The molecule has 2 aromatic carbocycles. The Morgan fingerprint density at radius 2 is 1.83 bits per heavy atom. The molecule has 0 aliphatic heterocycles. The summed E-state index contributed by atoms with van der Waals surface area (Å²) in [7, 11) is 0. The van der Waals surface area contributed by atoms with Crippen LogP contribution in [-0.4, -0.2) is 11.1 Å². The third-order valence-corrected chi connectivity index (χ3v) is 3.79. The van der Waals surface area contributed by atoms with Crippen molar-refractivity contribution >= 4 is 16.6 Å². The van der Waals surface area contributed by atoms with E-state index < -0.39 is 0 Å². The summed E-state index contributed by atoms with van der Waals surface area (Å²) in [5, 5.41) is 4.33. The quantitative estimate of drug-likeness (QED) is 0.739. The van der Waals surface area contributed by atoms with Crippen molar-refractivity contribution in [1.29, 1.82) is 0 Å². The molecule has 1 aromatic heterocycles.